The van der Waals surface area contributed by atoms with E-state index in [-0.39, 0.29) is 6.10 Å². The molecule has 0 aromatic rings. The zero-order chi connectivity index (χ0) is 10.6. The zero-order valence-electron chi connectivity index (χ0n) is 9.79. The van der Waals surface area contributed by atoms with E-state index in [1.54, 1.807) is 0 Å². The van der Waals surface area contributed by atoms with Crippen molar-refractivity contribution in [1.29, 1.82) is 0 Å². The highest BCUT2D eigenvalue weighted by atomic mass is 16.3. The molecule has 1 saturated carbocycles. The molecule has 0 aliphatic heterocycles. The number of hydrogen-bond donors (Lipinski definition) is 2. The van der Waals surface area contributed by atoms with E-state index in [1.807, 2.05) is 6.92 Å². The summed E-state index contributed by atoms with van der Waals surface area (Å²) in [5.41, 5.74) is 0. The SMILES string of the molecule is CC(C)C1CCCCC1NC[C@@H](C)O. The lowest BCUT2D eigenvalue weighted by molar-refractivity contribution is 0.154. The van der Waals surface area contributed by atoms with Crippen LogP contribution in [0, 0.1) is 11.8 Å². The van der Waals surface area contributed by atoms with Gasteiger partial charge in [-0.3, -0.25) is 0 Å². The number of nitrogens with one attached hydrogen (secondary N) is 1. The molecule has 0 heterocycles. The lowest BCUT2D eigenvalue weighted by atomic mass is 9.78. The van der Waals surface area contributed by atoms with E-state index in [1.165, 1.54) is 25.7 Å². The van der Waals surface area contributed by atoms with Gasteiger partial charge in [0.2, 0.25) is 0 Å². The van der Waals surface area contributed by atoms with Crippen LogP contribution < -0.4 is 5.32 Å². The van der Waals surface area contributed by atoms with Gasteiger partial charge >= 0.3 is 0 Å². The summed E-state index contributed by atoms with van der Waals surface area (Å²) in [6, 6.07) is 0.637. The van der Waals surface area contributed by atoms with Gasteiger partial charge in [0.1, 0.15) is 0 Å². The molecule has 0 radical (unpaired) electrons. The van der Waals surface area contributed by atoms with Crippen molar-refractivity contribution in [3.63, 3.8) is 0 Å². The summed E-state index contributed by atoms with van der Waals surface area (Å²) in [6.45, 7) is 7.22. The molecule has 0 aromatic carbocycles. The first-order chi connectivity index (χ1) is 6.61. The monoisotopic (exact) mass is 199 g/mol. The van der Waals surface area contributed by atoms with Crippen molar-refractivity contribution in [2.24, 2.45) is 11.8 Å². The highest BCUT2D eigenvalue weighted by molar-refractivity contribution is 4.83. The summed E-state index contributed by atoms with van der Waals surface area (Å²) >= 11 is 0. The van der Waals surface area contributed by atoms with Crippen LogP contribution in [0.3, 0.4) is 0 Å². The molecule has 0 amide bonds. The van der Waals surface area contributed by atoms with Crippen LogP contribution in [0.15, 0.2) is 0 Å². The van der Waals surface area contributed by atoms with E-state index in [4.69, 9.17) is 0 Å². The van der Waals surface area contributed by atoms with E-state index >= 15 is 0 Å². The molecule has 1 aliphatic carbocycles. The van der Waals surface area contributed by atoms with E-state index in [2.05, 4.69) is 19.2 Å². The molecule has 3 atom stereocenters. The highest BCUT2D eigenvalue weighted by Gasteiger charge is 2.26. The largest absolute Gasteiger partial charge is 0.392 e. The molecule has 2 heteroatoms. The summed E-state index contributed by atoms with van der Waals surface area (Å²) in [4.78, 5) is 0. The topological polar surface area (TPSA) is 32.3 Å². The number of rotatable bonds is 4. The molecule has 84 valence electrons. The first kappa shape index (κ1) is 12.0. The molecular weight excluding hydrogens is 174 g/mol. The second-order valence-corrected chi connectivity index (χ2v) is 5.06. The van der Waals surface area contributed by atoms with Crippen molar-refractivity contribution in [3.8, 4) is 0 Å². The van der Waals surface area contributed by atoms with Crippen molar-refractivity contribution in [2.75, 3.05) is 6.54 Å². The van der Waals surface area contributed by atoms with Crippen molar-refractivity contribution in [2.45, 2.75) is 58.6 Å². The molecule has 0 bridgehead atoms. The molecule has 0 aromatic heterocycles. The molecule has 1 aliphatic rings. The summed E-state index contributed by atoms with van der Waals surface area (Å²) in [7, 11) is 0. The predicted molar refractivity (Wildman–Crippen MR) is 60.3 cm³/mol. The fourth-order valence-electron chi connectivity index (χ4n) is 2.53. The number of hydrogen-bond acceptors (Lipinski definition) is 2. The first-order valence-electron chi connectivity index (χ1n) is 6.02. The van der Waals surface area contributed by atoms with Crippen molar-refractivity contribution >= 4 is 0 Å². The Kier molecular flexibility index (Phi) is 4.90. The van der Waals surface area contributed by atoms with Crippen molar-refractivity contribution in [1.82, 2.24) is 5.32 Å². The maximum absolute atomic E-state index is 9.25. The molecule has 1 rings (SSSR count). The van der Waals surface area contributed by atoms with E-state index < -0.39 is 0 Å². The first-order valence-corrected chi connectivity index (χ1v) is 6.02. The Hall–Kier alpha value is -0.0800. The van der Waals surface area contributed by atoms with Gasteiger partial charge in [-0.05, 0) is 31.6 Å². The molecule has 0 saturated heterocycles. The Morgan fingerprint density at radius 3 is 2.43 bits per heavy atom. The van der Waals surface area contributed by atoms with Crippen molar-refractivity contribution < 1.29 is 5.11 Å². The van der Waals surface area contributed by atoms with Crippen LogP contribution in [0.25, 0.3) is 0 Å². The Morgan fingerprint density at radius 2 is 1.86 bits per heavy atom. The minimum Gasteiger partial charge on any atom is -0.392 e. The third kappa shape index (κ3) is 3.58. The molecule has 14 heavy (non-hydrogen) atoms. The lowest BCUT2D eigenvalue weighted by Crippen LogP contribution is -2.43. The van der Waals surface area contributed by atoms with Crippen LogP contribution >= 0.6 is 0 Å². The van der Waals surface area contributed by atoms with Gasteiger partial charge in [0.15, 0.2) is 0 Å². The zero-order valence-corrected chi connectivity index (χ0v) is 9.79. The van der Waals surface area contributed by atoms with Crippen LogP contribution in [0.4, 0.5) is 0 Å². The molecule has 2 N–H and O–H groups in total. The van der Waals surface area contributed by atoms with Gasteiger partial charge < -0.3 is 10.4 Å². The standard InChI is InChI=1S/C12H25NO/c1-9(2)11-6-4-5-7-12(11)13-8-10(3)14/h9-14H,4-8H2,1-3H3/t10-,11?,12?/m1/s1. The summed E-state index contributed by atoms with van der Waals surface area (Å²) in [6.07, 6.45) is 5.16. The lowest BCUT2D eigenvalue weighted by Gasteiger charge is -2.35. The molecule has 2 unspecified atom stereocenters. The maximum Gasteiger partial charge on any atom is 0.0636 e. The van der Waals surface area contributed by atoms with Crippen LogP contribution in [-0.2, 0) is 0 Å². The second-order valence-electron chi connectivity index (χ2n) is 5.06. The van der Waals surface area contributed by atoms with Crippen molar-refractivity contribution in [3.05, 3.63) is 0 Å². The van der Waals surface area contributed by atoms with Gasteiger partial charge in [0.05, 0.1) is 6.10 Å². The highest BCUT2D eigenvalue weighted by Crippen LogP contribution is 2.29. The summed E-state index contributed by atoms with van der Waals surface area (Å²) < 4.78 is 0. The Labute approximate surface area is 88.1 Å². The Bertz CT molecular complexity index is 156. The van der Waals surface area contributed by atoms with E-state index in [9.17, 15) is 5.11 Å². The smallest absolute Gasteiger partial charge is 0.0636 e. The Morgan fingerprint density at radius 1 is 1.21 bits per heavy atom. The van der Waals surface area contributed by atoms with Crippen LogP contribution in [0.2, 0.25) is 0 Å². The minimum atomic E-state index is -0.218. The van der Waals surface area contributed by atoms with Gasteiger partial charge in [0.25, 0.3) is 0 Å². The molecule has 2 nitrogen and oxygen atoms in total. The summed E-state index contributed by atoms with van der Waals surface area (Å²) in [5.74, 6) is 1.57. The van der Waals surface area contributed by atoms with Gasteiger partial charge in [-0.2, -0.15) is 0 Å². The quantitative estimate of drug-likeness (QED) is 0.727. The molecular formula is C12H25NO. The molecule has 1 fully saturated rings. The van der Waals surface area contributed by atoms with Gasteiger partial charge in [-0.1, -0.05) is 26.7 Å². The maximum atomic E-state index is 9.25. The average Bonchev–Trinajstić information content (AvgIpc) is 2.15. The van der Waals surface area contributed by atoms with Crippen LogP contribution in [0.1, 0.15) is 46.5 Å². The normalized spacial score (nSPS) is 30.6. The number of aliphatic hydroxyl groups is 1. The summed E-state index contributed by atoms with van der Waals surface area (Å²) in [5, 5.41) is 12.7. The van der Waals surface area contributed by atoms with Gasteiger partial charge in [-0.25, -0.2) is 0 Å². The fraction of sp³-hybridized carbons (Fsp3) is 1.00. The van der Waals surface area contributed by atoms with Crippen LogP contribution in [0.5, 0.6) is 0 Å². The van der Waals surface area contributed by atoms with E-state index in [0.29, 0.717) is 6.04 Å². The van der Waals surface area contributed by atoms with Gasteiger partial charge in [0, 0.05) is 12.6 Å². The predicted octanol–water partition coefficient (Wildman–Crippen LogP) is 2.17. The third-order valence-corrected chi connectivity index (χ3v) is 3.35. The minimum absolute atomic E-state index is 0.218. The van der Waals surface area contributed by atoms with E-state index in [0.717, 1.165) is 18.4 Å². The fourth-order valence-corrected chi connectivity index (χ4v) is 2.53. The Balaban J connectivity index is 2.38. The molecule has 0 spiro atoms. The van der Waals surface area contributed by atoms with Crippen LogP contribution in [-0.4, -0.2) is 23.8 Å². The number of aliphatic hydroxyl groups excluding tert-OH is 1. The average molecular weight is 199 g/mol. The second kappa shape index (κ2) is 5.72. The van der Waals surface area contributed by atoms with Gasteiger partial charge in [-0.15, -0.1) is 0 Å². The third-order valence-electron chi connectivity index (χ3n) is 3.35.